The summed E-state index contributed by atoms with van der Waals surface area (Å²) < 4.78 is 23.2. The molecular weight excluding hydrogens is 606 g/mol. The van der Waals surface area contributed by atoms with E-state index in [4.69, 9.17) is 35.4 Å². The normalized spacial score (nSPS) is 38.6. The second-order valence-corrected chi connectivity index (χ2v) is 15.0. The molecule has 0 radical (unpaired) electrons. The van der Waals surface area contributed by atoms with Crippen molar-refractivity contribution in [2.75, 3.05) is 6.61 Å². The van der Waals surface area contributed by atoms with E-state index in [2.05, 4.69) is 32.0 Å². The highest BCUT2D eigenvalue weighted by Gasteiger charge is 2.59. The minimum Gasteiger partial charge on any atom is -0.463 e. The molecule has 0 N–H and O–H groups in total. The number of esters is 2. The molecule has 0 amide bonds. The fraction of sp³-hybridized carbons (Fsp3) is 0.649. The second kappa shape index (κ2) is 13.4. The summed E-state index contributed by atoms with van der Waals surface area (Å²) in [5, 5.41) is 5.30. The van der Waals surface area contributed by atoms with Crippen LogP contribution in [0.25, 0.3) is 0 Å². The van der Waals surface area contributed by atoms with Gasteiger partial charge in [-0.1, -0.05) is 42.3 Å². The molecule has 5 aliphatic rings. The van der Waals surface area contributed by atoms with Gasteiger partial charge in [0.25, 0.3) is 0 Å². The minimum atomic E-state index is -0.623. The van der Waals surface area contributed by atoms with Crippen LogP contribution in [0.1, 0.15) is 86.0 Å². The van der Waals surface area contributed by atoms with Crippen molar-refractivity contribution in [2.45, 2.75) is 111 Å². The highest BCUT2D eigenvalue weighted by Crippen LogP contribution is 2.66. The van der Waals surface area contributed by atoms with Crippen molar-refractivity contribution < 1.29 is 33.4 Å². The molecule has 4 aliphatic carbocycles. The second-order valence-electron chi connectivity index (χ2n) is 14.5. The Labute approximate surface area is 277 Å². The molecule has 3 saturated carbocycles. The summed E-state index contributed by atoms with van der Waals surface area (Å²) in [4.78, 5) is 28.8. The first-order chi connectivity index (χ1) is 22.0. The van der Waals surface area contributed by atoms with Crippen LogP contribution in [0.5, 0.6) is 5.75 Å². The van der Waals surface area contributed by atoms with Crippen molar-refractivity contribution in [1.29, 1.82) is 0 Å². The first-order valence-electron chi connectivity index (χ1n) is 16.9. The van der Waals surface area contributed by atoms with Gasteiger partial charge in [0.1, 0.15) is 18.8 Å². The van der Waals surface area contributed by atoms with Gasteiger partial charge in [-0.05, 0) is 123 Å². The number of fused-ring (bicyclic) bond motifs is 5. The fourth-order valence-corrected chi connectivity index (χ4v) is 9.77. The average molecular weight is 654 g/mol. The fourth-order valence-electron chi connectivity index (χ4n) is 9.64. The molecule has 0 aromatic heterocycles. The van der Waals surface area contributed by atoms with Gasteiger partial charge in [-0.3, -0.25) is 9.59 Å². The lowest BCUT2D eigenvalue weighted by molar-refractivity contribution is -0.213. The Hall–Kier alpha value is -2.68. The first-order valence-corrected chi connectivity index (χ1v) is 17.3. The molecule has 1 aliphatic heterocycles. The third-order valence-corrected chi connectivity index (χ3v) is 12.1. The highest BCUT2D eigenvalue weighted by atomic mass is 35.5. The van der Waals surface area contributed by atoms with Gasteiger partial charge in [-0.25, -0.2) is 0 Å². The molecule has 0 spiro atoms. The van der Waals surface area contributed by atoms with E-state index < -0.39 is 30.4 Å². The van der Waals surface area contributed by atoms with E-state index in [0.717, 1.165) is 31.4 Å². The lowest BCUT2D eigenvalue weighted by atomic mass is 9.47. The summed E-state index contributed by atoms with van der Waals surface area (Å²) in [6, 6.07) is 7.37. The van der Waals surface area contributed by atoms with Crippen molar-refractivity contribution in [2.24, 2.45) is 39.7 Å². The number of hydrogen-bond donors (Lipinski definition) is 0. The van der Waals surface area contributed by atoms with Gasteiger partial charge >= 0.3 is 11.9 Å². The van der Waals surface area contributed by atoms with Gasteiger partial charge in [0.15, 0.2) is 12.0 Å². The van der Waals surface area contributed by atoms with Crippen LogP contribution >= 0.6 is 11.6 Å². The van der Waals surface area contributed by atoms with E-state index in [1.807, 2.05) is 24.3 Å². The van der Waals surface area contributed by atoms with Gasteiger partial charge in [0, 0.05) is 24.8 Å². The highest BCUT2D eigenvalue weighted by molar-refractivity contribution is 6.30. The molecule has 46 heavy (non-hydrogen) atoms. The largest absolute Gasteiger partial charge is 0.463 e. The molecule has 3 fully saturated rings. The van der Waals surface area contributed by atoms with Crippen LogP contribution in [0.3, 0.4) is 0 Å². The van der Waals surface area contributed by atoms with Gasteiger partial charge in [0.05, 0.1) is 11.8 Å². The SMILES string of the molecule is CC(=O)OC[C@H]1OC(OC2CC[C@@]3(C)C(=CCC4C3CC[C@@]3(C)C4CC[C@@H]3/C(C)=N/Oc3ccc(Cl)cc3)C2)C=C[C@@H]1OC(C)=O. The van der Waals surface area contributed by atoms with Crippen molar-refractivity contribution in [3.63, 3.8) is 0 Å². The smallest absolute Gasteiger partial charge is 0.303 e. The molecule has 0 saturated heterocycles. The maximum Gasteiger partial charge on any atom is 0.303 e. The minimum absolute atomic E-state index is 0.00383. The van der Waals surface area contributed by atoms with Crippen molar-refractivity contribution >= 4 is 29.3 Å². The molecule has 5 unspecified atom stereocenters. The number of benzene rings is 1. The Kier molecular flexibility index (Phi) is 9.71. The monoisotopic (exact) mass is 653 g/mol. The predicted molar refractivity (Wildman–Crippen MR) is 175 cm³/mol. The number of carbonyl (C=O) groups is 2. The number of allylic oxidation sites excluding steroid dienone is 1. The number of rotatable bonds is 8. The van der Waals surface area contributed by atoms with Gasteiger partial charge in [-0.15, -0.1) is 0 Å². The maximum absolute atomic E-state index is 11.6. The molecule has 6 rings (SSSR count). The van der Waals surface area contributed by atoms with E-state index in [1.165, 1.54) is 45.1 Å². The molecular formula is C37H48ClNO7. The zero-order valence-electron chi connectivity index (χ0n) is 27.7. The summed E-state index contributed by atoms with van der Waals surface area (Å²) in [6.45, 7) is 9.86. The lowest BCUT2D eigenvalue weighted by Gasteiger charge is -2.58. The van der Waals surface area contributed by atoms with Crippen LogP contribution in [0, 0.1) is 34.5 Å². The number of nitrogens with zero attached hydrogens (tertiary/aromatic N) is 1. The van der Waals surface area contributed by atoms with Crippen LogP contribution in [0.4, 0.5) is 0 Å². The lowest BCUT2D eigenvalue weighted by Crippen LogP contribution is -2.51. The zero-order chi connectivity index (χ0) is 32.6. The molecule has 1 aromatic rings. The Morgan fingerprint density at radius 2 is 1.76 bits per heavy atom. The molecule has 9 heteroatoms. The Balaban J connectivity index is 1.10. The summed E-state index contributed by atoms with van der Waals surface area (Å²) >= 11 is 6.03. The van der Waals surface area contributed by atoms with Gasteiger partial charge < -0.3 is 23.8 Å². The Morgan fingerprint density at radius 3 is 2.50 bits per heavy atom. The van der Waals surface area contributed by atoms with Crippen molar-refractivity contribution in [1.82, 2.24) is 0 Å². The van der Waals surface area contributed by atoms with E-state index >= 15 is 0 Å². The molecule has 1 heterocycles. The van der Waals surface area contributed by atoms with E-state index in [1.54, 1.807) is 12.2 Å². The molecule has 10 atom stereocenters. The summed E-state index contributed by atoms with van der Waals surface area (Å²) in [5.74, 6) is 2.36. The first kappa shape index (κ1) is 33.2. The van der Waals surface area contributed by atoms with E-state index in [0.29, 0.717) is 34.4 Å². The number of halogens is 1. The topological polar surface area (TPSA) is 92.7 Å². The number of hydrogen-bond acceptors (Lipinski definition) is 8. The third kappa shape index (κ3) is 6.67. The van der Waals surface area contributed by atoms with Crippen molar-refractivity contribution in [3.05, 3.63) is 53.1 Å². The predicted octanol–water partition coefficient (Wildman–Crippen LogP) is 7.83. The Morgan fingerprint density at radius 1 is 0.978 bits per heavy atom. The molecule has 0 bridgehead atoms. The van der Waals surface area contributed by atoms with Crippen LogP contribution < -0.4 is 4.84 Å². The number of ether oxygens (including phenoxy) is 4. The van der Waals surface area contributed by atoms with E-state index in [-0.39, 0.29) is 23.5 Å². The van der Waals surface area contributed by atoms with Gasteiger partial charge in [-0.2, -0.15) is 0 Å². The quantitative estimate of drug-likeness (QED) is 0.122. The van der Waals surface area contributed by atoms with Gasteiger partial charge in [0.2, 0.25) is 0 Å². The van der Waals surface area contributed by atoms with Crippen LogP contribution in [-0.2, 0) is 28.5 Å². The van der Waals surface area contributed by atoms with Crippen LogP contribution in [-0.4, -0.2) is 48.9 Å². The summed E-state index contributed by atoms with van der Waals surface area (Å²) in [5.41, 5.74) is 3.05. The molecule has 8 nitrogen and oxygen atoms in total. The molecule has 1 aromatic carbocycles. The maximum atomic E-state index is 11.6. The van der Waals surface area contributed by atoms with E-state index in [9.17, 15) is 9.59 Å². The average Bonchev–Trinajstić information content (AvgIpc) is 3.38. The number of carbonyl (C=O) groups excluding carboxylic acids is 2. The number of oxime groups is 1. The summed E-state index contributed by atoms with van der Waals surface area (Å²) in [7, 11) is 0. The zero-order valence-corrected chi connectivity index (χ0v) is 28.5. The molecule has 250 valence electrons. The standard InChI is InChI=1S/C37H48ClNO7/c1-22(39-46-27-9-7-26(38)8-10-27)30-12-13-31-29-11-6-25-20-28(16-18-36(25,4)32(29)17-19-37(30,31)5)44-35-15-14-33(43-24(3)41)34(45-35)21-42-23(2)40/h6-10,14-15,28-35H,11-13,16-21H2,1-5H3/b39-22+/t28?,29?,30-,31?,32?,33+,34-,35?,36+,37-/m1/s1. The third-order valence-electron chi connectivity index (χ3n) is 11.9. The summed E-state index contributed by atoms with van der Waals surface area (Å²) in [6.07, 6.45) is 13.3. The van der Waals surface area contributed by atoms with Crippen molar-refractivity contribution in [3.8, 4) is 5.75 Å². The van der Waals surface area contributed by atoms with Crippen LogP contribution in [0.2, 0.25) is 5.02 Å². The Bertz CT molecular complexity index is 1390. The van der Waals surface area contributed by atoms with Crippen LogP contribution in [0.15, 0.2) is 53.2 Å².